The lowest BCUT2D eigenvalue weighted by Gasteiger charge is -2.18. The van der Waals surface area contributed by atoms with Gasteiger partial charge in [0.1, 0.15) is 6.04 Å². The fourth-order valence-corrected chi connectivity index (χ4v) is 2.66. The molecule has 0 radical (unpaired) electrons. The Kier molecular flexibility index (Phi) is 6.46. The van der Waals surface area contributed by atoms with Crippen molar-refractivity contribution in [1.29, 1.82) is 0 Å². The predicted molar refractivity (Wildman–Crippen MR) is 92.1 cm³/mol. The maximum absolute atomic E-state index is 12.9. The van der Waals surface area contributed by atoms with Crippen molar-refractivity contribution in [2.24, 2.45) is 5.73 Å². The first-order valence-corrected chi connectivity index (χ1v) is 8.29. The topological polar surface area (TPSA) is 72.2 Å². The predicted octanol–water partition coefficient (Wildman–Crippen LogP) is 4.20. The van der Waals surface area contributed by atoms with Gasteiger partial charge in [0.2, 0.25) is 5.91 Å². The summed E-state index contributed by atoms with van der Waals surface area (Å²) in [5.74, 6) is -2.34. The molecule has 0 heterocycles. The third-order valence-electron chi connectivity index (χ3n) is 3.83. The lowest BCUT2D eigenvalue weighted by molar-refractivity contribution is -0.143. The van der Waals surface area contributed by atoms with Crippen molar-refractivity contribution in [3.8, 4) is 0 Å². The van der Waals surface area contributed by atoms with Crippen LogP contribution in [-0.2, 0) is 23.6 Å². The van der Waals surface area contributed by atoms with Crippen LogP contribution in [0.2, 0.25) is 5.02 Å². The normalized spacial score (nSPS) is 13.1. The lowest BCUT2D eigenvalue weighted by atomic mass is 10.0. The molecule has 29 heavy (non-hydrogen) atoms. The molecule has 0 bridgehead atoms. The molecule has 3 N–H and O–H groups in total. The minimum atomic E-state index is -5.11. The summed E-state index contributed by atoms with van der Waals surface area (Å²) in [6.07, 6.45) is -10.4. The van der Waals surface area contributed by atoms with Crippen LogP contribution in [-0.4, -0.2) is 17.9 Å². The van der Waals surface area contributed by atoms with E-state index in [1.54, 1.807) is 18.2 Å². The summed E-state index contributed by atoms with van der Waals surface area (Å²) in [5.41, 5.74) is 1.46. The number of primary amides is 1. The minimum absolute atomic E-state index is 0.103. The number of hydrogen-bond acceptors (Lipinski definition) is 2. The number of halogens is 7. The second kappa shape index (κ2) is 8.32. The first-order chi connectivity index (χ1) is 13.3. The van der Waals surface area contributed by atoms with Gasteiger partial charge in [-0.15, -0.1) is 0 Å². The van der Waals surface area contributed by atoms with E-state index < -0.39 is 46.9 Å². The summed E-state index contributed by atoms with van der Waals surface area (Å²) >= 11 is 5.81. The van der Waals surface area contributed by atoms with Crippen molar-refractivity contribution in [1.82, 2.24) is 5.32 Å². The van der Waals surface area contributed by atoms with E-state index in [1.807, 2.05) is 0 Å². The highest BCUT2D eigenvalue weighted by molar-refractivity contribution is 6.30. The van der Waals surface area contributed by atoms with E-state index >= 15 is 0 Å². The number of carbonyl (C=O) groups is 2. The van der Waals surface area contributed by atoms with Crippen molar-refractivity contribution >= 4 is 23.4 Å². The number of nitrogens with two attached hydrogens (primary N) is 1. The lowest BCUT2D eigenvalue weighted by Crippen LogP contribution is -2.46. The molecule has 2 rings (SSSR count). The molecule has 0 saturated heterocycles. The van der Waals surface area contributed by atoms with Crippen LogP contribution in [0.3, 0.4) is 0 Å². The number of rotatable bonds is 5. The van der Waals surface area contributed by atoms with Crippen LogP contribution >= 0.6 is 11.6 Å². The summed E-state index contributed by atoms with van der Waals surface area (Å²) in [5, 5.41) is 2.39. The molecule has 0 aliphatic carbocycles. The molecule has 2 aromatic carbocycles. The summed E-state index contributed by atoms with van der Waals surface area (Å²) in [7, 11) is 0. The molecule has 0 aliphatic rings. The van der Waals surface area contributed by atoms with E-state index in [0.717, 1.165) is 0 Å². The van der Waals surface area contributed by atoms with Crippen molar-refractivity contribution in [3.63, 3.8) is 0 Å². The Hall–Kier alpha value is -2.75. The van der Waals surface area contributed by atoms with Gasteiger partial charge in [-0.1, -0.05) is 23.7 Å². The van der Waals surface area contributed by atoms with Crippen LogP contribution in [0.1, 0.15) is 27.0 Å². The second-order valence-electron chi connectivity index (χ2n) is 6.06. The zero-order chi connectivity index (χ0) is 22.0. The molecular weight excluding hydrogens is 426 g/mol. The highest BCUT2D eigenvalue weighted by Gasteiger charge is 2.37. The van der Waals surface area contributed by atoms with E-state index in [4.69, 9.17) is 17.3 Å². The van der Waals surface area contributed by atoms with Gasteiger partial charge in [0.25, 0.3) is 5.91 Å². The molecule has 1 atom stereocenters. The van der Waals surface area contributed by atoms with Gasteiger partial charge in [0.05, 0.1) is 11.1 Å². The minimum Gasteiger partial charge on any atom is -0.368 e. The molecule has 2 aromatic rings. The molecule has 4 nitrogen and oxygen atoms in total. The molecular formula is C18H13ClF6N2O2. The molecule has 0 aromatic heterocycles. The number of carbonyl (C=O) groups excluding carboxylic acids is 2. The molecule has 11 heteroatoms. The Balaban J connectivity index is 2.35. The summed E-state index contributed by atoms with van der Waals surface area (Å²) in [6.45, 7) is 0. The van der Waals surface area contributed by atoms with Crippen LogP contribution < -0.4 is 11.1 Å². The van der Waals surface area contributed by atoms with Crippen molar-refractivity contribution in [3.05, 3.63) is 69.7 Å². The van der Waals surface area contributed by atoms with Crippen LogP contribution in [0.5, 0.6) is 0 Å². The molecule has 0 unspecified atom stereocenters. The molecule has 0 aliphatic heterocycles. The number of amides is 2. The highest BCUT2D eigenvalue weighted by atomic mass is 35.5. The van der Waals surface area contributed by atoms with Crippen LogP contribution in [0.4, 0.5) is 26.3 Å². The second-order valence-corrected chi connectivity index (χ2v) is 6.49. The van der Waals surface area contributed by atoms with E-state index in [1.165, 1.54) is 6.07 Å². The van der Waals surface area contributed by atoms with Gasteiger partial charge in [0.15, 0.2) is 0 Å². The van der Waals surface area contributed by atoms with E-state index in [-0.39, 0.29) is 24.6 Å². The molecule has 2 amide bonds. The third kappa shape index (κ3) is 6.11. The Morgan fingerprint density at radius 1 is 0.966 bits per heavy atom. The quantitative estimate of drug-likeness (QED) is 0.687. The molecule has 0 spiro atoms. The Morgan fingerprint density at radius 3 is 1.97 bits per heavy atom. The van der Waals surface area contributed by atoms with Gasteiger partial charge < -0.3 is 11.1 Å². The van der Waals surface area contributed by atoms with Crippen LogP contribution in [0, 0.1) is 0 Å². The average molecular weight is 439 g/mol. The number of hydrogen-bond donors (Lipinski definition) is 2. The zero-order valence-corrected chi connectivity index (χ0v) is 15.1. The Bertz CT molecular complexity index is 895. The van der Waals surface area contributed by atoms with Gasteiger partial charge in [-0.05, 0) is 35.9 Å². The van der Waals surface area contributed by atoms with Gasteiger partial charge in [-0.25, -0.2) is 0 Å². The number of nitrogens with one attached hydrogen (secondary N) is 1. The average Bonchev–Trinajstić information content (AvgIpc) is 2.59. The summed E-state index contributed by atoms with van der Waals surface area (Å²) < 4.78 is 77.6. The van der Waals surface area contributed by atoms with Crippen molar-refractivity contribution in [2.45, 2.75) is 24.8 Å². The van der Waals surface area contributed by atoms with Crippen LogP contribution in [0.15, 0.2) is 42.5 Å². The smallest absolute Gasteiger partial charge is 0.368 e. The maximum Gasteiger partial charge on any atom is 0.416 e. The molecule has 0 saturated carbocycles. The van der Waals surface area contributed by atoms with E-state index in [9.17, 15) is 35.9 Å². The van der Waals surface area contributed by atoms with Gasteiger partial charge >= 0.3 is 12.4 Å². The summed E-state index contributed by atoms with van der Waals surface area (Å²) in [6, 6.07) is 5.17. The maximum atomic E-state index is 12.9. The molecule has 156 valence electrons. The first-order valence-electron chi connectivity index (χ1n) is 7.91. The van der Waals surface area contributed by atoms with Gasteiger partial charge in [-0.2, -0.15) is 26.3 Å². The fourth-order valence-electron chi connectivity index (χ4n) is 2.45. The fraction of sp³-hybridized carbons (Fsp3) is 0.222. The third-order valence-corrected chi connectivity index (χ3v) is 4.06. The SMILES string of the molecule is NC(=O)[C@H](Cc1cccc(Cl)c1)NC(=O)c1cc(C(F)(F)F)cc(C(F)(F)F)c1. The number of alkyl halides is 6. The Labute approximate surface area is 165 Å². The monoisotopic (exact) mass is 438 g/mol. The molecule has 0 fully saturated rings. The van der Waals surface area contributed by atoms with Crippen LogP contribution in [0.25, 0.3) is 0 Å². The van der Waals surface area contributed by atoms with Crippen molar-refractivity contribution < 1.29 is 35.9 Å². The largest absolute Gasteiger partial charge is 0.416 e. The van der Waals surface area contributed by atoms with E-state index in [0.29, 0.717) is 10.6 Å². The van der Waals surface area contributed by atoms with Gasteiger partial charge in [0, 0.05) is 17.0 Å². The number of benzene rings is 2. The summed E-state index contributed by atoms with van der Waals surface area (Å²) in [4.78, 5) is 23.9. The highest BCUT2D eigenvalue weighted by Crippen LogP contribution is 2.36. The van der Waals surface area contributed by atoms with E-state index in [2.05, 4.69) is 5.32 Å². The first kappa shape index (κ1) is 22.5. The zero-order valence-electron chi connectivity index (χ0n) is 14.4. The Morgan fingerprint density at radius 2 is 1.52 bits per heavy atom. The van der Waals surface area contributed by atoms with Gasteiger partial charge in [-0.3, -0.25) is 9.59 Å². The van der Waals surface area contributed by atoms with Crippen molar-refractivity contribution in [2.75, 3.05) is 0 Å². The standard InChI is InChI=1S/C18H13ClF6N2O2/c19-13-3-1-2-9(4-13)5-14(15(26)28)27-16(29)10-6-11(17(20,21)22)8-12(7-10)18(23,24)25/h1-4,6-8,14H,5H2,(H2,26,28)(H,27,29)/t14-/m0/s1.